The maximum atomic E-state index is 11.0. The number of hydrogen-bond donors (Lipinski definition) is 0. The highest BCUT2D eigenvalue weighted by molar-refractivity contribution is 5.66. The van der Waals surface area contributed by atoms with E-state index in [1.165, 1.54) is 25.3 Å². The van der Waals surface area contributed by atoms with E-state index in [9.17, 15) is 4.79 Å². The number of hydrogen-bond acceptors (Lipinski definition) is 2. The topological polar surface area (TPSA) is 26.3 Å². The van der Waals surface area contributed by atoms with Crippen molar-refractivity contribution in [3.8, 4) is 0 Å². The number of esters is 1. The summed E-state index contributed by atoms with van der Waals surface area (Å²) in [7, 11) is 0. The molecule has 0 saturated heterocycles. The third-order valence-electron chi connectivity index (χ3n) is 4.00. The summed E-state index contributed by atoms with van der Waals surface area (Å²) in [5.74, 6) is 0.231. The monoisotopic (exact) mass is 250 g/mol. The smallest absolute Gasteiger partial charge is 0.303 e. The molecule has 0 heterocycles. The predicted molar refractivity (Wildman–Crippen MR) is 75.2 cm³/mol. The number of carbonyl (C=O) groups excluding carboxylic acids is 1. The van der Waals surface area contributed by atoms with E-state index in [0.717, 1.165) is 5.57 Å². The van der Waals surface area contributed by atoms with Crippen molar-refractivity contribution in [2.75, 3.05) is 0 Å². The van der Waals surface area contributed by atoms with Crippen LogP contribution in [0.4, 0.5) is 0 Å². The van der Waals surface area contributed by atoms with E-state index in [0.29, 0.717) is 5.92 Å². The van der Waals surface area contributed by atoms with Gasteiger partial charge < -0.3 is 4.74 Å². The molecule has 0 fully saturated rings. The van der Waals surface area contributed by atoms with Crippen molar-refractivity contribution in [2.24, 2.45) is 11.3 Å². The first-order valence-electron chi connectivity index (χ1n) is 6.76. The number of rotatable bonds is 3. The van der Waals surface area contributed by atoms with Crippen molar-refractivity contribution >= 4 is 5.97 Å². The molecule has 0 bridgehead atoms. The van der Waals surface area contributed by atoms with E-state index < -0.39 is 0 Å². The maximum absolute atomic E-state index is 11.0. The Morgan fingerprint density at radius 1 is 1.50 bits per heavy atom. The first-order chi connectivity index (χ1) is 8.24. The fourth-order valence-electron chi connectivity index (χ4n) is 2.67. The lowest BCUT2D eigenvalue weighted by Gasteiger charge is -2.37. The van der Waals surface area contributed by atoms with Gasteiger partial charge in [0, 0.05) is 12.8 Å². The van der Waals surface area contributed by atoms with Gasteiger partial charge in [-0.3, -0.25) is 4.79 Å². The summed E-state index contributed by atoms with van der Waals surface area (Å²) >= 11 is 0. The van der Waals surface area contributed by atoms with E-state index in [1.807, 2.05) is 13.8 Å². The molecule has 1 aliphatic rings. The highest BCUT2D eigenvalue weighted by Gasteiger charge is 2.31. The van der Waals surface area contributed by atoms with Crippen LogP contribution in [0, 0.1) is 11.3 Å². The molecule has 0 aromatic carbocycles. The van der Waals surface area contributed by atoms with Crippen LogP contribution in [0.2, 0.25) is 0 Å². The average Bonchev–Trinajstić information content (AvgIpc) is 2.22. The third-order valence-corrected chi connectivity index (χ3v) is 4.00. The van der Waals surface area contributed by atoms with Gasteiger partial charge in [0.2, 0.25) is 0 Å². The second-order valence-electron chi connectivity index (χ2n) is 6.12. The van der Waals surface area contributed by atoms with Crippen LogP contribution in [0.5, 0.6) is 0 Å². The Bertz CT molecular complexity index is 375. The van der Waals surface area contributed by atoms with Crippen LogP contribution in [-0.2, 0) is 9.53 Å². The highest BCUT2D eigenvalue weighted by atomic mass is 16.5. The second kappa shape index (κ2) is 5.73. The summed E-state index contributed by atoms with van der Waals surface area (Å²) < 4.78 is 5.23. The minimum atomic E-state index is -0.217. The lowest BCUT2D eigenvalue weighted by atomic mass is 9.68. The molecule has 102 valence electrons. The lowest BCUT2D eigenvalue weighted by Crippen LogP contribution is -2.27. The van der Waals surface area contributed by atoms with Crippen molar-refractivity contribution in [2.45, 2.75) is 60.5 Å². The zero-order valence-electron chi connectivity index (χ0n) is 12.5. The van der Waals surface area contributed by atoms with Crippen molar-refractivity contribution < 1.29 is 9.53 Å². The molecule has 0 saturated carbocycles. The molecule has 1 aliphatic carbocycles. The number of carbonyl (C=O) groups is 1. The summed E-state index contributed by atoms with van der Waals surface area (Å²) in [6.45, 7) is 12.3. The normalized spacial score (nSPS) is 25.3. The third kappa shape index (κ3) is 3.72. The van der Waals surface area contributed by atoms with E-state index in [-0.39, 0.29) is 17.5 Å². The van der Waals surface area contributed by atoms with Gasteiger partial charge in [-0.1, -0.05) is 31.6 Å². The van der Waals surface area contributed by atoms with Gasteiger partial charge in [0.25, 0.3) is 0 Å². The first kappa shape index (κ1) is 15.0. The molecule has 0 aromatic rings. The average molecular weight is 250 g/mol. The summed E-state index contributed by atoms with van der Waals surface area (Å²) in [5, 5.41) is 0. The molecule has 2 atom stereocenters. The van der Waals surface area contributed by atoms with Gasteiger partial charge in [0.15, 0.2) is 0 Å². The molecule has 1 rings (SSSR count). The molecule has 0 aliphatic heterocycles. The Hall–Kier alpha value is -1.05. The molecule has 0 N–H and O–H groups in total. The SMILES string of the molecule is CC(=O)OC(C)/C(C)=C/C1C(C)=CCCC1(C)C. The Morgan fingerprint density at radius 2 is 2.11 bits per heavy atom. The molecular weight excluding hydrogens is 224 g/mol. The summed E-state index contributed by atoms with van der Waals surface area (Å²) in [4.78, 5) is 11.0. The standard InChI is InChI=1S/C16H26O2/c1-11-8-7-9-16(5,6)15(11)10-12(2)13(3)18-14(4)17/h8,10,13,15H,7,9H2,1-6H3/b12-10+. The van der Waals surface area contributed by atoms with E-state index in [1.54, 1.807) is 0 Å². The highest BCUT2D eigenvalue weighted by Crippen LogP contribution is 2.42. The number of ether oxygens (including phenoxy) is 1. The van der Waals surface area contributed by atoms with Gasteiger partial charge in [-0.2, -0.15) is 0 Å². The van der Waals surface area contributed by atoms with Crippen molar-refractivity contribution in [3.63, 3.8) is 0 Å². The molecule has 2 unspecified atom stereocenters. The van der Waals surface area contributed by atoms with Crippen LogP contribution in [0.1, 0.15) is 54.4 Å². The Labute approximate surface area is 111 Å². The van der Waals surface area contributed by atoms with E-state index >= 15 is 0 Å². The molecule has 0 spiro atoms. The Kier molecular flexibility index (Phi) is 4.78. The Morgan fingerprint density at radius 3 is 2.61 bits per heavy atom. The van der Waals surface area contributed by atoms with Gasteiger partial charge in [-0.15, -0.1) is 0 Å². The second-order valence-corrected chi connectivity index (χ2v) is 6.12. The van der Waals surface area contributed by atoms with Crippen molar-refractivity contribution in [1.29, 1.82) is 0 Å². The quantitative estimate of drug-likeness (QED) is 0.552. The van der Waals surface area contributed by atoms with Crippen LogP contribution in [-0.4, -0.2) is 12.1 Å². The van der Waals surface area contributed by atoms with E-state index in [4.69, 9.17) is 4.74 Å². The van der Waals surface area contributed by atoms with Gasteiger partial charge in [-0.25, -0.2) is 0 Å². The molecule has 0 radical (unpaired) electrons. The number of allylic oxidation sites excluding steroid dienone is 3. The zero-order valence-corrected chi connectivity index (χ0v) is 12.5. The Balaban J connectivity index is 2.88. The van der Waals surface area contributed by atoms with Gasteiger partial charge in [0.05, 0.1) is 0 Å². The lowest BCUT2D eigenvalue weighted by molar-refractivity contribution is -0.143. The van der Waals surface area contributed by atoms with Gasteiger partial charge in [0.1, 0.15) is 6.10 Å². The zero-order chi connectivity index (χ0) is 13.9. The molecule has 2 heteroatoms. The fourth-order valence-corrected chi connectivity index (χ4v) is 2.67. The van der Waals surface area contributed by atoms with Crippen LogP contribution in [0.15, 0.2) is 23.3 Å². The van der Waals surface area contributed by atoms with Crippen LogP contribution in [0.25, 0.3) is 0 Å². The predicted octanol–water partition coefficient (Wildman–Crippen LogP) is 4.27. The van der Waals surface area contributed by atoms with Gasteiger partial charge in [-0.05, 0) is 44.6 Å². The molecule has 0 aromatic heterocycles. The summed E-state index contributed by atoms with van der Waals surface area (Å²) in [6, 6.07) is 0. The minimum absolute atomic E-state index is 0.131. The molecular formula is C16H26O2. The van der Waals surface area contributed by atoms with Crippen molar-refractivity contribution in [3.05, 3.63) is 23.3 Å². The molecule has 2 nitrogen and oxygen atoms in total. The summed E-state index contributed by atoms with van der Waals surface area (Å²) in [5.41, 5.74) is 2.86. The summed E-state index contributed by atoms with van der Waals surface area (Å²) in [6.07, 6.45) is 6.85. The molecule has 0 amide bonds. The van der Waals surface area contributed by atoms with E-state index in [2.05, 4.69) is 32.9 Å². The fraction of sp³-hybridized carbons (Fsp3) is 0.688. The van der Waals surface area contributed by atoms with Crippen LogP contribution in [0.3, 0.4) is 0 Å². The first-order valence-corrected chi connectivity index (χ1v) is 6.76. The molecule has 18 heavy (non-hydrogen) atoms. The van der Waals surface area contributed by atoms with Crippen LogP contribution < -0.4 is 0 Å². The van der Waals surface area contributed by atoms with Crippen LogP contribution >= 0.6 is 0 Å². The van der Waals surface area contributed by atoms with Crippen molar-refractivity contribution in [1.82, 2.24) is 0 Å². The largest absolute Gasteiger partial charge is 0.458 e. The maximum Gasteiger partial charge on any atom is 0.303 e. The van der Waals surface area contributed by atoms with Gasteiger partial charge >= 0.3 is 5.97 Å². The minimum Gasteiger partial charge on any atom is -0.458 e.